The van der Waals surface area contributed by atoms with Crippen molar-refractivity contribution in [1.82, 2.24) is 9.80 Å². The minimum atomic E-state index is 0.283. The van der Waals surface area contributed by atoms with E-state index < -0.39 is 0 Å². The smallest absolute Gasteiger partial charge is 0.224 e. The third-order valence-electron chi connectivity index (χ3n) is 4.29. The highest BCUT2D eigenvalue weighted by molar-refractivity contribution is 5.76. The van der Waals surface area contributed by atoms with Gasteiger partial charge < -0.3 is 9.80 Å². The standard InChI is InChI=1S/C18H28N2O/c1-2-20(16-17-10-6-5-7-11-17)18(21)12-15-19-13-8-3-4-9-14-19/h5-7,10-11H,2-4,8-9,12-16H2,1H3. The first-order chi connectivity index (χ1) is 10.3. The van der Waals surface area contributed by atoms with Crippen LogP contribution in [0.25, 0.3) is 0 Å². The number of carbonyl (C=O) groups excluding carboxylic acids is 1. The predicted molar refractivity (Wildman–Crippen MR) is 87.1 cm³/mol. The zero-order chi connectivity index (χ0) is 14.9. The molecule has 1 fully saturated rings. The molecule has 0 spiro atoms. The average Bonchev–Trinajstić information content (AvgIpc) is 2.80. The first kappa shape index (κ1) is 16.0. The Labute approximate surface area is 128 Å². The van der Waals surface area contributed by atoms with Crippen molar-refractivity contribution in [2.45, 2.75) is 45.6 Å². The predicted octanol–water partition coefficient (Wildman–Crippen LogP) is 3.30. The Hall–Kier alpha value is -1.35. The van der Waals surface area contributed by atoms with Crippen molar-refractivity contribution >= 4 is 5.91 Å². The fourth-order valence-corrected chi connectivity index (χ4v) is 2.95. The van der Waals surface area contributed by atoms with E-state index in [9.17, 15) is 4.79 Å². The van der Waals surface area contributed by atoms with Gasteiger partial charge in [0, 0.05) is 26.1 Å². The first-order valence-electron chi connectivity index (χ1n) is 8.33. The summed E-state index contributed by atoms with van der Waals surface area (Å²) in [7, 11) is 0. The summed E-state index contributed by atoms with van der Waals surface area (Å²) in [4.78, 5) is 16.8. The molecule has 21 heavy (non-hydrogen) atoms. The van der Waals surface area contributed by atoms with Gasteiger partial charge in [-0.2, -0.15) is 0 Å². The molecule has 1 aromatic rings. The van der Waals surface area contributed by atoms with Crippen molar-refractivity contribution in [3.63, 3.8) is 0 Å². The van der Waals surface area contributed by atoms with E-state index in [0.717, 1.165) is 32.7 Å². The maximum Gasteiger partial charge on any atom is 0.224 e. The van der Waals surface area contributed by atoms with Crippen LogP contribution in [0.15, 0.2) is 30.3 Å². The number of carbonyl (C=O) groups is 1. The lowest BCUT2D eigenvalue weighted by Crippen LogP contribution is -2.34. The van der Waals surface area contributed by atoms with Crippen LogP contribution in [0.2, 0.25) is 0 Å². The van der Waals surface area contributed by atoms with Crippen LogP contribution in [0.4, 0.5) is 0 Å². The monoisotopic (exact) mass is 288 g/mol. The zero-order valence-corrected chi connectivity index (χ0v) is 13.3. The second-order valence-corrected chi connectivity index (χ2v) is 5.90. The quantitative estimate of drug-likeness (QED) is 0.802. The Balaban J connectivity index is 1.79. The molecule has 0 bridgehead atoms. The molecule has 0 radical (unpaired) electrons. The van der Waals surface area contributed by atoms with Gasteiger partial charge in [-0.25, -0.2) is 0 Å². The van der Waals surface area contributed by atoms with Crippen LogP contribution in [0.3, 0.4) is 0 Å². The summed E-state index contributed by atoms with van der Waals surface area (Å²) < 4.78 is 0. The summed E-state index contributed by atoms with van der Waals surface area (Å²) in [5, 5.41) is 0. The number of benzene rings is 1. The van der Waals surface area contributed by atoms with E-state index in [4.69, 9.17) is 0 Å². The van der Waals surface area contributed by atoms with Gasteiger partial charge in [-0.05, 0) is 38.4 Å². The SMILES string of the molecule is CCN(Cc1ccccc1)C(=O)CCN1CCCCCC1. The fraction of sp³-hybridized carbons (Fsp3) is 0.611. The third kappa shape index (κ3) is 5.50. The highest BCUT2D eigenvalue weighted by atomic mass is 16.2. The van der Waals surface area contributed by atoms with Gasteiger partial charge in [-0.1, -0.05) is 43.2 Å². The second kappa shape index (κ2) is 8.83. The molecule has 3 nitrogen and oxygen atoms in total. The molecule has 0 aromatic heterocycles. The molecule has 1 heterocycles. The molecule has 0 N–H and O–H groups in total. The van der Waals surface area contributed by atoms with E-state index in [2.05, 4.69) is 24.0 Å². The van der Waals surface area contributed by atoms with Crippen LogP contribution in [0.1, 0.15) is 44.6 Å². The van der Waals surface area contributed by atoms with E-state index in [1.807, 2.05) is 23.1 Å². The van der Waals surface area contributed by atoms with Crippen LogP contribution < -0.4 is 0 Å². The van der Waals surface area contributed by atoms with Gasteiger partial charge in [0.25, 0.3) is 0 Å². The Kier molecular flexibility index (Phi) is 6.74. The number of likely N-dealkylation sites (tertiary alicyclic amines) is 1. The van der Waals surface area contributed by atoms with Crippen molar-refractivity contribution < 1.29 is 4.79 Å². The topological polar surface area (TPSA) is 23.6 Å². The van der Waals surface area contributed by atoms with Crippen LogP contribution in [-0.2, 0) is 11.3 Å². The molecule has 0 aliphatic carbocycles. The first-order valence-corrected chi connectivity index (χ1v) is 8.33. The van der Waals surface area contributed by atoms with Gasteiger partial charge in [0.1, 0.15) is 0 Å². The van der Waals surface area contributed by atoms with Crippen LogP contribution >= 0.6 is 0 Å². The number of hydrogen-bond acceptors (Lipinski definition) is 2. The number of amides is 1. The van der Waals surface area contributed by atoms with Crippen molar-refractivity contribution in [1.29, 1.82) is 0 Å². The molecule has 1 aliphatic rings. The van der Waals surface area contributed by atoms with Gasteiger partial charge >= 0.3 is 0 Å². The van der Waals surface area contributed by atoms with Crippen LogP contribution in [-0.4, -0.2) is 41.9 Å². The molecule has 3 heteroatoms. The zero-order valence-electron chi connectivity index (χ0n) is 13.3. The lowest BCUT2D eigenvalue weighted by molar-refractivity contribution is -0.132. The molecular formula is C18H28N2O. The number of nitrogens with zero attached hydrogens (tertiary/aromatic N) is 2. The average molecular weight is 288 g/mol. The summed E-state index contributed by atoms with van der Waals surface area (Å²) in [6.07, 6.45) is 5.92. The van der Waals surface area contributed by atoms with E-state index in [1.54, 1.807) is 0 Å². The Morgan fingerprint density at radius 1 is 1.10 bits per heavy atom. The summed E-state index contributed by atoms with van der Waals surface area (Å²) in [6.45, 7) is 6.83. The molecular weight excluding hydrogens is 260 g/mol. The van der Waals surface area contributed by atoms with Crippen molar-refractivity contribution in [2.24, 2.45) is 0 Å². The van der Waals surface area contributed by atoms with E-state index in [0.29, 0.717) is 6.42 Å². The van der Waals surface area contributed by atoms with Crippen molar-refractivity contribution in [2.75, 3.05) is 26.2 Å². The highest BCUT2D eigenvalue weighted by Crippen LogP contribution is 2.11. The normalized spacial score (nSPS) is 16.4. The molecule has 116 valence electrons. The van der Waals surface area contributed by atoms with E-state index in [-0.39, 0.29) is 5.91 Å². The van der Waals surface area contributed by atoms with E-state index >= 15 is 0 Å². The summed E-state index contributed by atoms with van der Waals surface area (Å²) in [5.74, 6) is 0.283. The maximum absolute atomic E-state index is 12.4. The number of rotatable bonds is 6. The number of hydrogen-bond donors (Lipinski definition) is 0. The van der Waals surface area contributed by atoms with Crippen LogP contribution in [0, 0.1) is 0 Å². The molecule has 0 unspecified atom stereocenters. The Bertz CT molecular complexity index is 410. The maximum atomic E-state index is 12.4. The van der Waals surface area contributed by atoms with Crippen LogP contribution in [0.5, 0.6) is 0 Å². The van der Waals surface area contributed by atoms with Gasteiger partial charge in [0.2, 0.25) is 5.91 Å². The van der Waals surface area contributed by atoms with Gasteiger partial charge in [0.15, 0.2) is 0 Å². The molecule has 1 amide bonds. The molecule has 2 rings (SSSR count). The fourth-order valence-electron chi connectivity index (χ4n) is 2.95. The molecule has 0 saturated carbocycles. The summed E-state index contributed by atoms with van der Waals surface area (Å²) in [5.41, 5.74) is 1.21. The minimum absolute atomic E-state index is 0.283. The van der Waals surface area contributed by atoms with Gasteiger partial charge in [-0.15, -0.1) is 0 Å². The largest absolute Gasteiger partial charge is 0.339 e. The second-order valence-electron chi connectivity index (χ2n) is 5.90. The Morgan fingerprint density at radius 3 is 2.38 bits per heavy atom. The minimum Gasteiger partial charge on any atom is -0.339 e. The lowest BCUT2D eigenvalue weighted by Gasteiger charge is -2.24. The lowest BCUT2D eigenvalue weighted by atomic mass is 10.2. The summed E-state index contributed by atoms with van der Waals surface area (Å²) in [6, 6.07) is 10.3. The third-order valence-corrected chi connectivity index (χ3v) is 4.29. The molecule has 1 aliphatic heterocycles. The Morgan fingerprint density at radius 2 is 1.76 bits per heavy atom. The van der Waals surface area contributed by atoms with Gasteiger partial charge in [0.05, 0.1) is 0 Å². The molecule has 1 saturated heterocycles. The van der Waals surface area contributed by atoms with Crippen molar-refractivity contribution in [3.05, 3.63) is 35.9 Å². The highest BCUT2D eigenvalue weighted by Gasteiger charge is 2.15. The van der Waals surface area contributed by atoms with Crippen molar-refractivity contribution in [3.8, 4) is 0 Å². The molecule has 0 atom stereocenters. The molecule has 1 aromatic carbocycles. The van der Waals surface area contributed by atoms with E-state index in [1.165, 1.54) is 31.2 Å². The summed E-state index contributed by atoms with van der Waals surface area (Å²) >= 11 is 0. The van der Waals surface area contributed by atoms with Gasteiger partial charge in [-0.3, -0.25) is 4.79 Å².